The van der Waals surface area contributed by atoms with Gasteiger partial charge in [-0.1, -0.05) is 18.2 Å². The fraction of sp³-hybridized carbons (Fsp3) is 0.471. The zero-order valence-corrected chi connectivity index (χ0v) is 12.3. The highest BCUT2D eigenvalue weighted by Gasteiger charge is 2.37. The first-order chi connectivity index (χ1) is 10.3. The minimum absolute atomic E-state index is 0.0391. The molecular formula is C17H20N2O2. The molecule has 21 heavy (non-hydrogen) atoms. The summed E-state index contributed by atoms with van der Waals surface area (Å²) >= 11 is 0. The van der Waals surface area contributed by atoms with Crippen molar-refractivity contribution in [1.29, 1.82) is 0 Å². The van der Waals surface area contributed by atoms with Crippen molar-refractivity contribution in [1.82, 2.24) is 9.88 Å². The Labute approximate surface area is 124 Å². The SMILES string of the molecule is COC(=O)[C@H]1CC[C@H]2c3[nH]c4ccccc4c3CCN2C1. The van der Waals surface area contributed by atoms with Crippen LogP contribution in [0.1, 0.15) is 30.1 Å². The number of ether oxygens (including phenoxy) is 1. The molecule has 110 valence electrons. The van der Waals surface area contributed by atoms with Gasteiger partial charge in [-0.05, 0) is 30.9 Å². The van der Waals surface area contributed by atoms with Crippen LogP contribution >= 0.6 is 0 Å². The van der Waals surface area contributed by atoms with E-state index in [-0.39, 0.29) is 11.9 Å². The lowest BCUT2D eigenvalue weighted by Crippen LogP contribution is -2.44. The number of nitrogens with zero attached hydrogens (tertiary/aromatic N) is 1. The highest BCUT2D eigenvalue weighted by atomic mass is 16.5. The molecule has 1 aromatic heterocycles. The Morgan fingerprint density at radius 2 is 2.19 bits per heavy atom. The minimum atomic E-state index is -0.0594. The van der Waals surface area contributed by atoms with Crippen LogP contribution in [0.4, 0.5) is 0 Å². The highest BCUT2D eigenvalue weighted by Crippen LogP contribution is 2.40. The number of fused-ring (bicyclic) bond motifs is 5. The molecular weight excluding hydrogens is 264 g/mol. The predicted octanol–water partition coefficient (Wildman–Crippen LogP) is 2.65. The van der Waals surface area contributed by atoms with Crippen LogP contribution in [0.25, 0.3) is 10.9 Å². The number of rotatable bonds is 1. The Morgan fingerprint density at radius 3 is 3.05 bits per heavy atom. The number of hydrogen-bond acceptors (Lipinski definition) is 3. The van der Waals surface area contributed by atoms with Crippen molar-refractivity contribution >= 4 is 16.9 Å². The van der Waals surface area contributed by atoms with Crippen molar-refractivity contribution in [3.8, 4) is 0 Å². The fourth-order valence-electron chi connectivity index (χ4n) is 4.01. The average Bonchev–Trinajstić information content (AvgIpc) is 2.92. The fourth-order valence-corrected chi connectivity index (χ4v) is 4.01. The van der Waals surface area contributed by atoms with E-state index >= 15 is 0 Å². The van der Waals surface area contributed by atoms with Crippen LogP contribution in [0.3, 0.4) is 0 Å². The summed E-state index contributed by atoms with van der Waals surface area (Å²) < 4.78 is 4.91. The molecule has 0 unspecified atom stereocenters. The van der Waals surface area contributed by atoms with Crippen molar-refractivity contribution in [2.24, 2.45) is 5.92 Å². The van der Waals surface area contributed by atoms with E-state index in [1.165, 1.54) is 29.3 Å². The molecule has 0 aliphatic carbocycles. The molecule has 1 N–H and O–H groups in total. The van der Waals surface area contributed by atoms with Gasteiger partial charge in [-0.3, -0.25) is 9.69 Å². The molecule has 0 bridgehead atoms. The van der Waals surface area contributed by atoms with Crippen molar-refractivity contribution in [3.63, 3.8) is 0 Å². The third-order valence-corrected chi connectivity index (χ3v) is 5.05. The molecule has 0 spiro atoms. The van der Waals surface area contributed by atoms with E-state index in [1.54, 1.807) is 0 Å². The first-order valence-corrected chi connectivity index (χ1v) is 7.69. The molecule has 4 heteroatoms. The number of carbonyl (C=O) groups excluding carboxylic acids is 1. The van der Waals surface area contributed by atoms with E-state index in [9.17, 15) is 4.79 Å². The minimum Gasteiger partial charge on any atom is -0.469 e. The van der Waals surface area contributed by atoms with Crippen molar-refractivity contribution in [2.75, 3.05) is 20.2 Å². The molecule has 3 heterocycles. The van der Waals surface area contributed by atoms with Gasteiger partial charge in [-0.25, -0.2) is 0 Å². The maximum absolute atomic E-state index is 11.8. The van der Waals surface area contributed by atoms with Crippen molar-refractivity contribution < 1.29 is 9.53 Å². The summed E-state index contributed by atoms with van der Waals surface area (Å²) in [6, 6.07) is 8.98. The highest BCUT2D eigenvalue weighted by molar-refractivity contribution is 5.85. The van der Waals surface area contributed by atoms with Crippen molar-refractivity contribution in [2.45, 2.75) is 25.3 Å². The van der Waals surface area contributed by atoms with Crippen LogP contribution in [0.15, 0.2) is 24.3 Å². The number of hydrogen-bond donors (Lipinski definition) is 1. The molecule has 0 amide bonds. The topological polar surface area (TPSA) is 45.3 Å². The number of benzene rings is 1. The van der Waals surface area contributed by atoms with Crippen LogP contribution in [-0.2, 0) is 16.0 Å². The number of piperidine rings is 1. The zero-order valence-electron chi connectivity index (χ0n) is 12.3. The summed E-state index contributed by atoms with van der Waals surface area (Å²) in [6.45, 7) is 1.86. The quantitative estimate of drug-likeness (QED) is 0.819. The van der Waals surface area contributed by atoms with Gasteiger partial charge < -0.3 is 9.72 Å². The van der Waals surface area contributed by atoms with Gasteiger partial charge in [-0.2, -0.15) is 0 Å². The first kappa shape index (κ1) is 12.9. The van der Waals surface area contributed by atoms with Crippen LogP contribution in [0.2, 0.25) is 0 Å². The molecule has 1 aromatic carbocycles. The second-order valence-electron chi connectivity index (χ2n) is 6.12. The normalized spacial score (nSPS) is 25.4. The lowest BCUT2D eigenvalue weighted by Gasteiger charge is -2.41. The number of aromatic nitrogens is 1. The molecule has 0 saturated carbocycles. The molecule has 1 saturated heterocycles. The molecule has 0 radical (unpaired) electrons. The summed E-state index contributed by atoms with van der Waals surface area (Å²) in [6.07, 6.45) is 3.01. The number of carbonyl (C=O) groups is 1. The van der Waals surface area contributed by atoms with Gasteiger partial charge in [0.2, 0.25) is 0 Å². The molecule has 4 nitrogen and oxygen atoms in total. The molecule has 2 atom stereocenters. The first-order valence-electron chi connectivity index (χ1n) is 7.69. The number of H-pyrrole nitrogens is 1. The van der Waals surface area contributed by atoms with Gasteiger partial charge in [0.25, 0.3) is 0 Å². The summed E-state index contributed by atoms with van der Waals surface area (Å²) in [7, 11) is 1.49. The van der Waals surface area contributed by atoms with Crippen LogP contribution < -0.4 is 0 Å². The Bertz CT molecular complexity index is 691. The Kier molecular flexibility index (Phi) is 3.00. The molecule has 1 fully saturated rings. The second kappa shape index (κ2) is 4.88. The summed E-state index contributed by atoms with van der Waals surface area (Å²) in [4.78, 5) is 17.8. The van der Waals surface area contributed by atoms with Crippen LogP contribution in [0, 0.1) is 5.92 Å². The second-order valence-corrected chi connectivity index (χ2v) is 6.12. The van der Waals surface area contributed by atoms with E-state index < -0.39 is 0 Å². The van der Waals surface area contributed by atoms with Crippen LogP contribution in [0.5, 0.6) is 0 Å². The van der Waals surface area contributed by atoms with E-state index in [1.807, 2.05) is 0 Å². The average molecular weight is 284 g/mol. The van der Waals surface area contributed by atoms with Gasteiger partial charge in [0.05, 0.1) is 19.1 Å². The Morgan fingerprint density at radius 1 is 1.33 bits per heavy atom. The molecule has 2 aromatic rings. The number of para-hydroxylation sites is 1. The number of nitrogens with one attached hydrogen (secondary N) is 1. The van der Waals surface area contributed by atoms with E-state index in [0.29, 0.717) is 6.04 Å². The van der Waals surface area contributed by atoms with Gasteiger partial charge in [0, 0.05) is 29.7 Å². The maximum Gasteiger partial charge on any atom is 0.309 e. The molecule has 4 rings (SSSR count). The Balaban J connectivity index is 1.67. The third-order valence-electron chi connectivity index (χ3n) is 5.05. The lowest BCUT2D eigenvalue weighted by atomic mass is 9.86. The van der Waals surface area contributed by atoms with E-state index in [2.05, 4.69) is 34.1 Å². The largest absolute Gasteiger partial charge is 0.469 e. The summed E-state index contributed by atoms with van der Waals surface area (Å²) in [5.41, 5.74) is 4.08. The van der Waals surface area contributed by atoms with Gasteiger partial charge in [-0.15, -0.1) is 0 Å². The van der Waals surface area contributed by atoms with Crippen LogP contribution in [-0.4, -0.2) is 36.1 Å². The summed E-state index contributed by atoms with van der Waals surface area (Å²) in [5, 5.41) is 1.36. The summed E-state index contributed by atoms with van der Waals surface area (Å²) in [5.74, 6) is -0.0203. The van der Waals surface area contributed by atoms with Gasteiger partial charge in [0.15, 0.2) is 0 Å². The van der Waals surface area contributed by atoms with E-state index in [4.69, 9.17) is 4.74 Å². The standard InChI is InChI=1S/C17H20N2O2/c1-21-17(20)11-6-7-15-16-13(8-9-19(15)10-11)12-4-2-3-5-14(12)18-16/h2-5,11,15,18H,6-10H2,1H3/t11-,15-/m0/s1. The van der Waals surface area contributed by atoms with Gasteiger partial charge in [0.1, 0.15) is 0 Å². The predicted molar refractivity (Wildman–Crippen MR) is 81.1 cm³/mol. The lowest BCUT2D eigenvalue weighted by molar-refractivity contribution is -0.148. The monoisotopic (exact) mass is 284 g/mol. The molecule has 2 aliphatic heterocycles. The number of esters is 1. The zero-order chi connectivity index (χ0) is 14.4. The van der Waals surface area contributed by atoms with Crippen molar-refractivity contribution in [3.05, 3.63) is 35.5 Å². The molecule has 2 aliphatic rings. The maximum atomic E-state index is 11.8. The number of methoxy groups -OCH3 is 1. The number of aromatic amines is 1. The third kappa shape index (κ3) is 1.97. The smallest absolute Gasteiger partial charge is 0.309 e. The Hall–Kier alpha value is -1.81. The van der Waals surface area contributed by atoms with Gasteiger partial charge >= 0.3 is 5.97 Å². The van der Waals surface area contributed by atoms with E-state index in [0.717, 1.165) is 32.4 Å².